The van der Waals surface area contributed by atoms with Gasteiger partial charge >= 0.3 is 0 Å². The van der Waals surface area contributed by atoms with Gasteiger partial charge in [0.15, 0.2) is 0 Å². The van der Waals surface area contributed by atoms with E-state index in [-0.39, 0.29) is 6.29 Å². The molecule has 0 saturated heterocycles. The molecule has 1 heterocycles. The third-order valence-electron chi connectivity index (χ3n) is 1.83. The van der Waals surface area contributed by atoms with Gasteiger partial charge < -0.3 is 14.2 Å². The molecule has 2 rings (SSSR count). The number of hydrogen-bond donors (Lipinski definition) is 0. The molecule has 0 unspecified atom stereocenters. The summed E-state index contributed by atoms with van der Waals surface area (Å²) in [5.74, 6) is 0.802. The normalized spacial score (nSPS) is 15.2. The number of rotatable bonds is 2. The number of hydrogen-bond acceptors (Lipinski definition) is 3. The highest BCUT2D eigenvalue weighted by atomic mass is 16.7. The first-order valence-corrected chi connectivity index (χ1v) is 4.00. The zero-order valence-electron chi connectivity index (χ0n) is 7.27. The zero-order chi connectivity index (χ0) is 9.10. The maximum atomic E-state index is 5.18. The van der Waals surface area contributed by atoms with Crippen LogP contribution in [0.2, 0.25) is 0 Å². The van der Waals surface area contributed by atoms with Crippen molar-refractivity contribution in [3.8, 4) is 5.75 Å². The van der Waals surface area contributed by atoms with E-state index in [9.17, 15) is 0 Å². The predicted octanol–water partition coefficient (Wildman–Crippen LogP) is 2.21. The molecule has 0 aliphatic carbocycles. The fourth-order valence-electron chi connectivity index (χ4n) is 1.18. The second-order valence-electron chi connectivity index (χ2n) is 2.65. The predicted molar refractivity (Wildman–Crippen MR) is 47.0 cm³/mol. The lowest BCUT2D eigenvalue weighted by Gasteiger charge is -2.10. The Morgan fingerprint density at radius 1 is 1.23 bits per heavy atom. The molecule has 1 aliphatic rings. The van der Waals surface area contributed by atoms with Crippen LogP contribution in [-0.4, -0.2) is 7.11 Å². The molecule has 0 bridgehead atoms. The van der Waals surface area contributed by atoms with Crippen molar-refractivity contribution in [2.24, 2.45) is 0 Å². The number of benzene rings is 1. The van der Waals surface area contributed by atoms with Gasteiger partial charge in [-0.05, 0) is 12.1 Å². The lowest BCUT2D eigenvalue weighted by molar-refractivity contribution is -0.0247. The van der Waals surface area contributed by atoms with Crippen molar-refractivity contribution in [3.63, 3.8) is 0 Å². The van der Waals surface area contributed by atoms with Crippen LogP contribution in [0.5, 0.6) is 5.75 Å². The van der Waals surface area contributed by atoms with E-state index in [2.05, 4.69) is 0 Å². The van der Waals surface area contributed by atoms with Gasteiger partial charge in [-0.2, -0.15) is 0 Å². The molecule has 0 radical (unpaired) electrons. The first kappa shape index (κ1) is 7.98. The Hall–Kier alpha value is -1.64. The molecule has 0 aromatic heterocycles. The Kier molecular flexibility index (Phi) is 2.08. The van der Waals surface area contributed by atoms with E-state index >= 15 is 0 Å². The SMILES string of the molecule is COc1cccc(C2OC=CO2)c1. The van der Waals surface area contributed by atoms with Crippen LogP contribution < -0.4 is 4.74 Å². The fraction of sp³-hybridized carbons (Fsp3) is 0.200. The van der Waals surface area contributed by atoms with Crippen LogP contribution in [0.25, 0.3) is 0 Å². The molecule has 0 amide bonds. The second kappa shape index (κ2) is 3.39. The van der Waals surface area contributed by atoms with Crippen molar-refractivity contribution in [1.29, 1.82) is 0 Å². The Bertz CT molecular complexity index is 312. The van der Waals surface area contributed by atoms with Crippen LogP contribution in [-0.2, 0) is 9.47 Å². The summed E-state index contributed by atoms with van der Waals surface area (Å²) in [6.45, 7) is 0. The molecule has 0 atom stereocenters. The van der Waals surface area contributed by atoms with Crippen molar-refractivity contribution in [1.82, 2.24) is 0 Å². The van der Waals surface area contributed by atoms with E-state index in [0.717, 1.165) is 11.3 Å². The van der Waals surface area contributed by atoms with Gasteiger partial charge in [0, 0.05) is 5.56 Å². The van der Waals surface area contributed by atoms with Crippen molar-refractivity contribution < 1.29 is 14.2 Å². The molecule has 0 N–H and O–H groups in total. The molecule has 68 valence electrons. The minimum Gasteiger partial charge on any atom is -0.497 e. The van der Waals surface area contributed by atoms with E-state index in [1.165, 1.54) is 12.5 Å². The van der Waals surface area contributed by atoms with Crippen LogP contribution in [0.1, 0.15) is 11.9 Å². The summed E-state index contributed by atoms with van der Waals surface area (Å²) < 4.78 is 15.4. The van der Waals surface area contributed by atoms with Crippen LogP contribution in [0.3, 0.4) is 0 Å². The van der Waals surface area contributed by atoms with Crippen LogP contribution in [0, 0.1) is 0 Å². The van der Waals surface area contributed by atoms with Crippen molar-refractivity contribution in [2.75, 3.05) is 7.11 Å². The second-order valence-corrected chi connectivity index (χ2v) is 2.65. The molecule has 3 heteroatoms. The van der Waals surface area contributed by atoms with E-state index in [4.69, 9.17) is 14.2 Å². The maximum Gasteiger partial charge on any atom is 0.266 e. The minimum absolute atomic E-state index is 0.324. The van der Waals surface area contributed by atoms with Gasteiger partial charge in [-0.25, -0.2) is 0 Å². The maximum absolute atomic E-state index is 5.18. The van der Waals surface area contributed by atoms with Gasteiger partial charge in [-0.1, -0.05) is 12.1 Å². The third-order valence-corrected chi connectivity index (χ3v) is 1.83. The summed E-state index contributed by atoms with van der Waals surface area (Å²) in [7, 11) is 1.63. The fourth-order valence-corrected chi connectivity index (χ4v) is 1.18. The molecular formula is C10H10O3. The quantitative estimate of drug-likeness (QED) is 0.694. The van der Waals surface area contributed by atoms with Crippen LogP contribution >= 0.6 is 0 Å². The Morgan fingerprint density at radius 3 is 2.69 bits per heavy atom. The van der Waals surface area contributed by atoms with E-state index < -0.39 is 0 Å². The first-order chi connectivity index (χ1) is 6.40. The van der Waals surface area contributed by atoms with Crippen molar-refractivity contribution in [3.05, 3.63) is 42.4 Å². The molecule has 0 fully saturated rings. The van der Waals surface area contributed by atoms with E-state index in [1.54, 1.807) is 7.11 Å². The van der Waals surface area contributed by atoms with Gasteiger partial charge in [-0.15, -0.1) is 0 Å². The smallest absolute Gasteiger partial charge is 0.266 e. The highest BCUT2D eigenvalue weighted by Crippen LogP contribution is 2.26. The number of methoxy groups -OCH3 is 1. The summed E-state index contributed by atoms with van der Waals surface area (Å²) in [5, 5.41) is 0. The molecule has 1 aliphatic heterocycles. The molecule has 1 aromatic rings. The lowest BCUT2D eigenvalue weighted by Crippen LogP contribution is -1.97. The number of ether oxygens (including phenoxy) is 3. The molecular weight excluding hydrogens is 168 g/mol. The van der Waals surface area contributed by atoms with Gasteiger partial charge in [-0.3, -0.25) is 0 Å². The average molecular weight is 178 g/mol. The van der Waals surface area contributed by atoms with E-state index in [1.807, 2.05) is 24.3 Å². The highest BCUT2D eigenvalue weighted by molar-refractivity contribution is 5.29. The highest BCUT2D eigenvalue weighted by Gasteiger charge is 2.15. The van der Waals surface area contributed by atoms with Gasteiger partial charge in [0.25, 0.3) is 6.29 Å². The van der Waals surface area contributed by atoms with Gasteiger partial charge in [0.2, 0.25) is 0 Å². The van der Waals surface area contributed by atoms with Crippen molar-refractivity contribution >= 4 is 0 Å². The topological polar surface area (TPSA) is 27.7 Å². The zero-order valence-corrected chi connectivity index (χ0v) is 7.27. The standard InChI is InChI=1S/C10H10O3/c1-11-9-4-2-3-8(7-9)10-12-5-6-13-10/h2-7,10H,1H3. The summed E-state index contributed by atoms with van der Waals surface area (Å²) >= 11 is 0. The van der Waals surface area contributed by atoms with Crippen LogP contribution in [0.4, 0.5) is 0 Å². The summed E-state index contributed by atoms with van der Waals surface area (Å²) in [4.78, 5) is 0. The molecule has 13 heavy (non-hydrogen) atoms. The minimum atomic E-state index is -0.324. The molecule has 0 spiro atoms. The third kappa shape index (κ3) is 1.59. The summed E-state index contributed by atoms with van der Waals surface area (Å²) in [6, 6.07) is 7.60. The average Bonchev–Trinajstić information content (AvgIpc) is 2.71. The van der Waals surface area contributed by atoms with Crippen LogP contribution in [0.15, 0.2) is 36.8 Å². The van der Waals surface area contributed by atoms with Gasteiger partial charge in [0.1, 0.15) is 18.3 Å². The first-order valence-electron chi connectivity index (χ1n) is 4.00. The Balaban J connectivity index is 2.19. The van der Waals surface area contributed by atoms with Gasteiger partial charge in [0.05, 0.1) is 7.11 Å². The molecule has 1 aromatic carbocycles. The Morgan fingerprint density at radius 2 is 2.00 bits per heavy atom. The van der Waals surface area contributed by atoms with Crippen molar-refractivity contribution in [2.45, 2.75) is 6.29 Å². The Labute approximate surface area is 76.5 Å². The van der Waals surface area contributed by atoms with E-state index in [0.29, 0.717) is 0 Å². The lowest BCUT2D eigenvalue weighted by atomic mass is 10.2. The monoisotopic (exact) mass is 178 g/mol. The molecule has 3 nitrogen and oxygen atoms in total. The summed E-state index contributed by atoms with van der Waals surface area (Å²) in [5.41, 5.74) is 0.948. The largest absolute Gasteiger partial charge is 0.497 e. The molecule has 0 saturated carbocycles. The summed E-state index contributed by atoms with van der Waals surface area (Å²) in [6.07, 6.45) is 2.74.